The van der Waals surface area contributed by atoms with Crippen molar-refractivity contribution in [2.45, 2.75) is 64.0 Å². The lowest BCUT2D eigenvalue weighted by Gasteiger charge is -2.51. The fraction of sp³-hybridized carbons (Fsp3) is 0.588. The van der Waals surface area contributed by atoms with Gasteiger partial charge in [0.25, 0.3) is 0 Å². The third-order valence-electron chi connectivity index (χ3n) is 9.34. The molecular weight excluding hydrogens is 558 g/mol. The summed E-state index contributed by atoms with van der Waals surface area (Å²) in [4.78, 5) is 50.2. The monoisotopic (exact) mass is 605 g/mol. The quantitative estimate of drug-likeness (QED) is 0.540. The zero-order chi connectivity index (χ0) is 31.1. The van der Waals surface area contributed by atoms with Gasteiger partial charge in [-0.15, -0.1) is 0 Å². The predicted molar refractivity (Wildman–Crippen MR) is 167 cm³/mol. The standard InChI is InChI=1S/C34H47N5O5/c1-37(19-24-11-14-35-15-12-24)23-33(42)38-20-26-17-28(22-38)29-7-4-8-31(40)36-13-5-6-27-16-25(9-10-32(41)39(29)21-26)18-30(43-2)34(27)44-3/h11-12,14-16,18,26,28-29H,4-10,13,17,19-23H2,1-3H3,(H,36,40)/t26-,28-,29-/m0/s1. The van der Waals surface area contributed by atoms with E-state index in [0.717, 1.165) is 42.4 Å². The molecule has 0 spiro atoms. The number of fused-ring (bicyclic) bond motifs is 6. The SMILES string of the molecule is COc1cc2cc(c1OC)CCCNC(=O)CCC[C@H]1[C@H]3C[C@@H](CN(C(=O)CN(C)Cc4ccncc4)C3)CN1C(=O)CC2. The van der Waals surface area contributed by atoms with Gasteiger partial charge >= 0.3 is 0 Å². The van der Waals surface area contributed by atoms with E-state index in [1.165, 1.54) is 0 Å². The van der Waals surface area contributed by atoms with Crippen molar-refractivity contribution in [1.82, 2.24) is 25.0 Å². The van der Waals surface area contributed by atoms with E-state index < -0.39 is 0 Å². The summed E-state index contributed by atoms with van der Waals surface area (Å²) < 4.78 is 11.3. The van der Waals surface area contributed by atoms with Crippen molar-refractivity contribution in [3.05, 3.63) is 53.3 Å². The van der Waals surface area contributed by atoms with E-state index in [-0.39, 0.29) is 35.6 Å². The van der Waals surface area contributed by atoms with Crippen LogP contribution in [0.4, 0.5) is 0 Å². The Labute approximate surface area is 261 Å². The molecule has 3 aliphatic rings. The van der Waals surface area contributed by atoms with Crippen LogP contribution in [0.3, 0.4) is 0 Å². The molecular formula is C34H47N5O5. The van der Waals surface area contributed by atoms with Gasteiger partial charge < -0.3 is 24.6 Å². The lowest BCUT2D eigenvalue weighted by molar-refractivity contribution is -0.146. The predicted octanol–water partition coefficient (Wildman–Crippen LogP) is 3.07. The van der Waals surface area contributed by atoms with Crippen LogP contribution < -0.4 is 14.8 Å². The first-order valence-corrected chi connectivity index (χ1v) is 16.0. The summed E-state index contributed by atoms with van der Waals surface area (Å²) in [6.07, 6.45) is 9.03. The number of amides is 3. The van der Waals surface area contributed by atoms with Gasteiger partial charge in [0.1, 0.15) is 0 Å². The topological polar surface area (TPSA) is 104 Å². The van der Waals surface area contributed by atoms with Crippen molar-refractivity contribution in [1.29, 1.82) is 0 Å². The maximum atomic E-state index is 13.8. The van der Waals surface area contributed by atoms with Crippen molar-refractivity contribution in [2.24, 2.45) is 11.8 Å². The van der Waals surface area contributed by atoms with Gasteiger partial charge in [0.15, 0.2) is 11.5 Å². The van der Waals surface area contributed by atoms with Gasteiger partial charge in [-0.25, -0.2) is 0 Å². The molecule has 3 amide bonds. The van der Waals surface area contributed by atoms with Crippen molar-refractivity contribution < 1.29 is 23.9 Å². The summed E-state index contributed by atoms with van der Waals surface area (Å²) in [6, 6.07) is 8.04. The number of likely N-dealkylation sites (N-methyl/N-ethyl adjacent to an activating group) is 1. The van der Waals surface area contributed by atoms with Crippen molar-refractivity contribution in [2.75, 3.05) is 54.0 Å². The van der Waals surface area contributed by atoms with Crippen LogP contribution in [0.15, 0.2) is 36.7 Å². The summed E-state index contributed by atoms with van der Waals surface area (Å²) in [5, 5.41) is 3.07. The number of carbonyl (C=O) groups excluding carboxylic acids is 3. The fourth-order valence-corrected chi connectivity index (χ4v) is 7.29. The van der Waals surface area contributed by atoms with Crippen LogP contribution >= 0.6 is 0 Å². The van der Waals surface area contributed by atoms with E-state index in [4.69, 9.17) is 9.47 Å². The number of carbonyl (C=O) groups is 3. The molecule has 3 atom stereocenters. The first-order chi connectivity index (χ1) is 21.3. The number of hydrogen-bond acceptors (Lipinski definition) is 7. The Balaban J connectivity index is 1.29. The molecule has 2 fully saturated rings. The summed E-state index contributed by atoms with van der Waals surface area (Å²) in [6.45, 7) is 3.61. The highest BCUT2D eigenvalue weighted by Gasteiger charge is 2.43. The number of rotatable bonds is 6. The normalized spacial score (nSPS) is 23.1. The van der Waals surface area contributed by atoms with Gasteiger partial charge in [0.2, 0.25) is 17.7 Å². The van der Waals surface area contributed by atoms with E-state index >= 15 is 0 Å². The number of piperidine rings is 2. The van der Waals surface area contributed by atoms with Gasteiger partial charge in [-0.2, -0.15) is 0 Å². The summed E-state index contributed by atoms with van der Waals surface area (Å²) in [7, 11) is 5.24. The maximum Gasteiger partial charge on any atom is 0.236 e. The molecule has 10 nitrogen and oxygen atoms in total. The average Bonchev–Trinajstić information content (AvgIpc) is 3.02. The van der Waals surface area contributed by atoms with Gasteiger partial charge in [-0.05, 0) is 92.3 Å². The third kappa shape index (κ3) is 7.88. The number of benzene rings is 1. The molecule has 4 heterocycles. The van der Waals surface area contributed by atoms with Gasteiger partial charge in [0, 0.05) is 64.0 Å². The zero-order valence-corrected chi connectivity index (χ0v) is 26.4. The lowest BCUT2D eigenvalue weighted by atomic mass is 9.77. The molecule has 10 heteroatoms. The molecule has 5 rings (SSSR count). The first-order valence-electron chi connectivity index (χ1n) is 16.0. The second-order valence-corrected chi connectivity index (χ2v) is 12.6. The second kappa shape index (κ2) is 14.9. The molecule has 0 unspecified atom stereocenters. The molecule has 3 aliphatic heterocycles. The Morgan fingerprint density at radius 2 is 1.84 bits per heavy atom. The number of ether oxygens (including phenoxy) is 2. The van der Waals surface area contributed by atoms with E-state index in [9.17, 15) is 14.4 Å². The molecule has 0 saturated carbocycles. The minimum Gasteiger partial charge on any atom is -0.493 e. The van der Waals surface area contributed by atoms with Crippen LogP contribution in [-0.4, -0.2) is 97.4 Å². The van der Waals surface area contributed by atoms with Crippen LogP contribution in [0.1, 0.15) is 55.2 Å². The van der Waals surface area contributed by atoms with Crippen molar-refractivity contribution >= 4 is 17.7 Å². The number of likely N-dealkylation sites (tertiary alicyclic amines) is 1. The van der Waals surface area contributed by atoms with Crippen LogP contribution in [0, 0.1) is 11.8 Å². The van der Waals surface area contributed by atoms with Crippen molar-refractivity contribution in [3.8, 4) is 11.5 Å². The van der Waals surface area contributed by atoms with E-state index in [1.807, 2.05) is 35.0 Å². The van der Waals surface area contributed by atoms with E-state index in [1.54, 1.807) is 26.6 Å². The van der Waals surface area contributed by atoms with Crippen molar-refractivity contribution in [3.63, 3.8) is 0 Å². The molecule has 0 aliphatic carbocycles. The maximum absolute atomic E-state index is 13.8. The number of nitrogens with zero attached hydrogens (tertiary/aromatic N) is 4. The fourth-order valence-electron chi connectivity index (χ4n) is 7.29. The van der Waals surface area contributed by atoms with Crippen LogP contribution in [0.25, 0.3) is 0 Å². The molecule has 44 heavy (non-hydrogen) atoms. The number of aromatic nitrogens is 1. The molecule has 2 saturated heterocycles. The molecule has 1 aromatic carbocycles. The summed E-state index contributed by atoms with van der Waals surface area (Å²) in [5.41, 5.74) is 3.19. The Morgan fingerprint density at radius 1 is 1.02 bits per heavy atom. The zero-order valence-electron chi connectivity index (χ0n) is 26.4. The Bertz CT molecular complexity index is 1300. The summed E-state index contributed by atoms with van der Waals surface area (Å²) >= 11 is 0. The largest absolute Gasteiger partial charge is 0.493 e. The number of pyridine rings is 1. The van der Waals surface area contributed by atoms with Gasteiger partial charge in [0.05, 0.1) is 20.8 Å². The Morgan fingerprint density at radius 3 is 2.61 bits per heavy atom. The molecule has 1 aromatic heterocycles. The molecule has 1 N–H and O–H groups in total. The Hall–Kier alpha value is -3.66. The minimum atomic E-state index is 0.0190. The molecule has 2 aromatic rings. The highest BCUT2D eigenvalue weighted by atomic mass is 16.5. The molecule has 238 valence electrons. The van der Waals surface area contributed by atoms with Gasteiger partial charge in [-0.1, -0.05) is 6.07 Å². The highest BCUT2D eigenvalue weighted by Crippen LogP contribution is 2.37. The number of hydrogen-bond donors (Lipinski definition) is 1. The molecule has 0 radical (unpaired) electrons. The van der Waals surface area contributed by atoms with Crippen LogP contribution in [0.5, 0.6) is 11.5 Å². The minimum absolute atomic E-state index is 0.0190. The van der Waals surface area contributed by atoms with Crippen LogP contribution in [0.2, 0.25) is 0 Å². The smallest absolute Gasteiger partial charge is 0.236 e. The third-order valence-corrected chi connectivity index (χ3v) is 9.34. The average molecular weight is 606 g/mol. The first kappa shape index (κ1) is 31.8. The van der Waals surface area contributed by atoms with E-state index in [2.05, 4.69) is 21.3 Å². The van der Waals surface area contributed by atoms with E-state index in [0.29, 0.717) is 76.5 Å². The second-order valence-electron chi connectivity index (χ2n) is 12.6. The lowest BCUT2D eigenvalue weighted by Crippen LogP contribution is -2.60. The number of methoxy groups -OCH3 is 2. The summed E-state index contributed by atoms with van der Waals surface area (Å²) in [5.74, 6) is 2.16. The number of nitrogens with one attached hydrogen (secondary N) is 1. The molecule has 4 bridgehead atoms. The van der Waals surface area contributed by atoms with Crippen LogP contribution in [-0.2, 0) is 33.8 Å². The highest BCUT2D eigenvalue weighted by molar-refractivity contribution is 5.79. The number of aryl methyl sites for hydroxylation is 2. The van der Waals surface area contributed by atoms with Gasteiger partial charge in [-0.3, -0.25) is 24.3 Å². The Kier molecular flexibility index (Phi) is 10.7.